The number of aromatic nitrogens is 2. The maximum Gasteiger partial charge on any atom is 0.491 e. The summed E-state index contributed by atoms with van der Waals surface area (Å²) in [5.41, 5.74) is 1.25. The molecule has 8 nitrogen and oxygen atoms in total. The van der Waals surface area contributed by atoms with Crippen LogP contribution in [0, 0.1) is 11.8 Å². The highest BCUT2D eigenvalue weighted by atomic mass is 19.4. The number of rotatable bonds is 4. The summed E-state index contributed by atoms with van der Waals surface area (Å²) in [4.78, 5) is 42.1. The summed E-state index contributed by atoms with van der Waals surface area (Å²) in [5.74, 6) is 2.18. The third-order valence-corrected chi connectivity index (χ3v) is 5.42. The van der Waals surface area contributed by atoms with Crippen LogP contribution in [0.15, 0.2) is 53.6 Å². The molecule has 1 aromatic heterocycles. The lowest BCUT2D eigenvalue weighted by Crippen LogP contribution is -2.36. The Morgan fingerprint density at radius 2 is 1.81 bits per heavy atom. The lowest BCUT2D eigenvalue weighted by molar-refractivity contribution is -0.193. The fraction of sp³-hybridized carbons (Fsp3) is 0.280. The Morgan fingerprint density at radius 1 is 1.08 bits per heavy atom. The normalized spacial score (nSPS) is 14.2. The second-order valence-electron chi connectivity index (χ2n) is 7.97. The molecule has 0 radical (unpaired) electrons. The highest BCUT2D eigenvalue weighted by molar-refractivity contribution is 5.98. The Balaban J connectivity index is 1.47. The van der Waals surface area contributed by atoms with Gasteiger partial charge in [-0.25, -0.2) is 14.6 Å². The Morgan fingerprint density at radius 3 is 2.50 bits per heavy atom. The largest absolute Gasteiger partial charge is 0.491 e. The molecule has 2 aromatic carbocycles. The standard InChI is InChI=1S/C25H20F3N3O5/c26-25(27,28)24(34)36-23(33)19-6-3-18(4-7-19)15-31-16-29-21-8-5-17(14-20(21)22(31)32)2-1-9-30-10-12-35-13-11-30/h3-8,14,16H,9-13,15H2. The van der Waals surface area contributed by atoms with Gasteiger partial charge in [-0.2, -0.15) is 13.2 Å². The van der Waals surface area contributed by atoms with Crippen molar-refractivity contribution in [3.63, 3.8) is 0 Å². The van der Waals surface area contributed by atoms with E-state index in [1.165, 1.54) is 35.2 Å². The molecule has 1 fully saturated rings. The maximum atomic E-state index is 13.0. The summed E-state index contributed by atoms with van der Waals surface area (Å²) in [5, 5.41) is 0.390. The van der Waals surface area contributed by atoms with Crippen LogP contribution in [0.2, 0.25) is 0 Å². The Labute approximate surface area is 203 Å². The molecule has 186 valence electrons. The monoisotopic (exact) mass is 499 g/mol. The van der Waals surface area contributed by atoms with Crippen LogP contribution in [0.3, 0.4) is 0 Å². The van der Waals surface area contributed by atoms with Crippen LogP contribution in [-0.4, -0.2) is 65.4 Å². The molecule has 0 spiro atoms. The zero-order chi connectivity index (χ0) is 25.7. The van der Waals surface area contributed by atoms with E-state index in [2.05, 4.69) is 26.5 Å². The van der Waals surface area contributed by atoms with E-state index in [0.717, 1.165) is 13.1 Å². The predicted octanol–water partition coefficient (Wildman–Crippen LogP) is 2.37. The molecule has 0 atom stereocenters. The average Bonchev–Trinajstić information content (AvgIpc) is 2.86. The number of hydrogen-bond acceptors (Lipinski definition) is 7. The number of benzene rings is 2. The number of morpholine rings is 1. The van der Waals surface area contributed by atoms with Crippen molar-refractivity contribution in [1.29, 1.82) is 0 Å². The summed E-state index contributed by atoms with van der Waals surface area (Å²) in [6.07, 6.45) is -3.88. The summed E-state index contributed by atoms with van der Waals surface area (Å²) in [6.45, 7) is 3.74. The van der Waals surface area contributed by atoms with E-state index >= 15 is 0 Å². The van der Waals surface area contributed by atoms with Crippen molar-refractivity contribution in [2.75, 3.05) is 32.8 Å². The fourth-order valence-corrected chi connectivity index (χ4v) is 3.51. The number of hydrogen-bond donors (Lipinski definition) is 0. The van der Waals surface area contributed by atoms with E-state index in [1.54, 1.807) is 18.2 Å². The van der Waals surface area contributed by atoms with E-state index in [1.807, 2.05) is 0 Å². The van der Waals surface area contributed by atoms with Gasteiger partial charge < -0.3 is 9.47 Å². The van der Waals surface area contributed by atoms with E-state index in [4.69, 9.17) is 4.74 Å². The van der Waals surface area contributed by atoms with Crippen molar-refractivity contribution < 1.29 is 32.2 Å². The van der Waals surface area contributed by atoms with E-state index in [0.29, 0.717) is 41.8 Å². The number of carbonyl (C=O) groups is 2. The summed E-state index contributed by atoms with van der Waals surface area (Å²) in [7, 11) is 0. The lowest BCUT2D eigenvalue weighted by Gasteiger charge is -2.24. The molecule has 0 aliphatic carbocycles. The summed E-state index contributed by atoms with van der Waals surface area (Å²) >= 11 is 0. The topological polar surface area (TPSA) is 90.7 Å². The van der Waals surface area contributed by atoms with Gasteiger partial charge in [0.1, 0.15) is 0 Å². The molecule has 3 aromatic rings. The first-order valence-corrected chi connectivity index (χ1v) is 10.9. The first-order chi connectivity index (χ1) is 17.2. The molecule has 0 bridgehead atoms. The average molecular weight is 499 g/mol. The van der Waals surface area contributed by atoms with Gasteiger partial charge in [-0.05, 0) is 35.9 Å². The van der Waals surface area contributed by atoms with E-state index < -0.39 is 18.1 Å². The number of esters is 2. The molecule has 0 saturated carbocycles. The molecule has 0 unspecified atom stereocenters. The van der Waals surface area contributed by atoms with Gasteiger partial charge in [-0.15, -0.1) is 0 Å². The van der Waals surface area contributed by atoms with Crippen molar-refractivity contribution in [2.45, 2.75) is 12.7 Å². The molecule has 0 amide bonds. The Kier molecular flexibility index (Phi) is 7.47. The lowest BCUT2D eigenvalue weighted by atomic mass is 10.1. The second-order valence-corrected chi connectivity index (χ2v) is 7.97. The number of halogens is 3. The van der Waals surface area contributed by atoms with Gasteiger partial charge in [0.05, 0.1) is 49.1 Å². The number of carbonyl (C=O) groups excluding carboxylic acids is 2. The van der Waals surface area contributed by atoms with Crippen molar-refractivity contribution in [2.24, 2.45) is 0 Å². The van der Waals surface area contributed by atoms with Crippen LogP contribution in [0.5, 0.6) is 0 Å². The minimum absolute atomic E-state index is 0.103. The number of fused-ring (bicyclic) bond motifs is 1. The van der Waals surface area contributed by atoms with E-state index in [-0.39, 0.29) is 17.7 Å². The quantitative estimate of drug-likeness (QED) is 0.309. The third kappa shape index (κ3) is 6.16. The molecule has 2 heterocycles. The molecular weight excluding hydrogens is 479 g/mol. The van der Waals surface area contributed by atoms with Gasteiger partial charge >= 0.3 is 18.1 Å². The van der Waals surface area contributed by atoms with Crippen LogP contribution < -0.4 is 5.56 Å². The second kappa shape index (κ2) is 10.7. The molecule has 4 rings (SSSR count). The zero-order valence-electron chi connectivity index (χ0n) is 18.9. The van der Waals surface area contributed by atoms with Gasteiger partial charge in [0, 0.05) is 18.7 Å². The predicted molar refractivity (Wildman–Crippen MR) is 122 cm³/mol. The highest BCUT2D eigenvalue weighted by Gasteiger charge is 2.42. The Bertz CT molecular complexity index is 1400. The fourth-order valence-electron chi connectivity index (χ4n) is 3.51. The number of ether oxygens (including phenoxy) is 2. The number of nitrogens with zero attached hydrogens (tertiary/aromatic N) is 3. The number of alkyl halides is 3. The van der Waals surface area contributed by atoms with Crippen LogP contribution in [0.25, 0.3) is 10.9 Å². The molecule has 36 heavy (non-hydrogen) atoms. The van der Waals surface area contributed by atoms with Crippen LogP contribution in [0.1, 0.15) is 21.5 Å². The molecule has 0 N–H and O–H groups in total. The zero-order valence-corrected chi connectivity index (χ0v) is 18.9. The van der Waals surface area contributed by atoms with Gasteiger partial charge in [0.2, 0.25) is 0 Å². The van der Waals surface area contributed by atoms with Crippen LogP contribution in [-0.2, 0) is 20.8 Å². The molecule has 1 aliphatic rings. The molecular formula is C25H20F3N3O5. The van der Waals surface area contributed by atoms with Gasteiger partial charge in [-0.1, -0.05) is 24.0 Å². The van der Waals surface area contributed by atoms with Crippen molar-refractivity contribution in [3.05, 3.63) is 75.8 Å². The minimum Gasteiger partial charge on any atom is -0.383 e. The van der Waals surface area contributed by atoms with Crippen LogP contribution in [0.4, 0.5) is 13.2 Å². The molecule has 1 saturated heterocycles. The molecule has 11 heteroatoms. The SMILES string of the molecule is O=C(OC(=O)C(F)(F)F)c1ccc(Cn2cnc3ccc(C#CCN4CCOCC4)cc3c2=O)cc1. The van der Waals surface area contributed by atoms with Crippen molar-refractivity contribution in [1.82, 2.24) is 14.5 Å². The summed E-state index contributed by atoms with van der Waals surface area (Å²) in [6, 6.07) is 10.5. The maximum absolute atomic E-state index is 13.0. The van der Waals surface area contributed by atoms with E-state index in [9.17, 15) is 27.6 Å². The van der Waals surface area contributed by atoms with Gasteiger partial charge in [-0.3, -0.25) is 14.3 Å². The van der Waals surface area contributed by atoms with Crippen LogP contribution >= 0.6 is 0 Å². The van der Waals surface area contributed by atoms with Crippen molar-refractivity contribution >= 4 is 22.8 Å². The van der Waals surface area contributed by atoms with Crippen molar-refractivity contribution in [3.8, 4) is 11.8 Å². The minimum atomic E-state index is -5.27. The van der Waals surface area contributed by atoms with Gasteiger partial charge in [0.15, 0.2) is 0 Å². The first kappa shape index (κ1) is 25.1. The molecule has 1 aliphatic heterocycles. The van der Waals surface area contributed by atoms with Gasteiger partial charge in [0.25, 0.3) is 5.56 Å². The summed E-state index contributed by atoms with van der Waals surface area (Å²) < 4.78 is 47.3. The first-order valence-electron chi connectivity index (χ1n) is 10.9. The third-order valence-electron chi connectivity index (χ3n) is 5.42. The Hall–Kier alpha value is -4.01. The smallest absolute Gasteiger partial charge is 0.383 e. The highest BCUT2D eigenvalue weighted by Crippen LogP contribution is 2.18.